The third-order valence-electron chi connectivity index (χ3n) is 3.36. The van der Waals surface area contributed by atoms with Gasteiger partial charge >= 0.3 is 5.69 Å². The molecule has 0 saturated heterocycles. The molecule has 9 nitrogen and oxygen atoms in total. The number of benzene rings is 2. The molecule has 1 heterocycles. The van der Waals surface area contributed by atoms with Gasteiger partial charge in [-0.25, -0.2) is 4.79 Å². The Hall–Kier alpha value is -3.75. The minimum absolute atomic E-state index is 0.0695. The molecule has 0 fully saturated rings. The van der Waals surface area contributed by atoms with Gasteiger partial charge in [-0.15, -0.1) is 0 Å². The lowest BCUT2D eigenvalue weighted by molar-refractivity contribution is -0.384. The van der Waals surface area contributed by atoms with E-state index in [1.165, 1.54) is 18.2 Å². The van der Waals surface area contributed by atoms with E-state index in [1.54, 1.807) is 18.2 Å². The average Bonchev–Trinajstić information content (AvgIpc) is 2.58. The molecule has 120 valence electrons. The average molecular weight is 326 g/mol. The van der Waals surface area contributed by atoms with Gasteiger partial charge < -0.3 is 4.98 Å². The molecule has 2 N–H and O–H groups in total. The Morgan fingerprint density at radius 1 is 1.08 bits per heavy atom. The van der Waals surface area contributed by atoms with Gasteiger partial charge in [-0.1, -0.05) is 12.1 Å². The van der Waals surface area contributed by atoms with Crippen LogP contribution in [0.5, 0.6) is 0 Å². The van der Waals surface area contributed by atoms with Crippen molar-refractivity contribution in [2.75, 3.05) is 5.43 Å². The fraction of sp³-hybridized carbons (Fsp3) is 0. The number of hydrogen-bond donors (Lipinski definition) is 2. The van der Waals surface area contributed by atoms with Crippen molar-refractivity contribution in [1.82, 2.24) is 9.66 Å². The SMILES string of the molecule is O=C(Nn1c(=O)[nH]c2ccccc2c1=O)c1ccc([N+](=O)[O-])cc1. The third-order valence-corrected chi connectivity index (χ3v) is 3.36. The Morgan fingerprint density at radius 2 is 1.75 bits per heavy atom. The van der Waals surface area contributed by atoms with Crippen LogP contribution in [-0.2, 0) is 0 Å². The van der Waals surface area contributed by atoms with E-state index in [2.05, 4.69) is 10.4 Å². The van der Waals surface area contributed by atoms with Crippen LogP contribution in [-0.4, -0.2) is 20.5 Å². The van der Waals surface area contributed by atoms with Gasteiger partial charge in [0.1, 0.15) is 0 Å². The maximum Gasteiger partial charge on any atom is 0.348 e. The molecule has 0 bridgehead atoms. The number of carbonyl (C=O) groups excluding carboxylic acids is 1. The van der Waals surface area contributed by atoms with E-state index in [0.717, 1.165) is 12.1 Å². The Labute approximate surface area is 133 Å². The van der Waals surface area contributed by atoms with Gasteiger partial charge in [0, 0.05) is 17.7 Å². The summed E-state index contributed by atoms with van der Waals surface area (Å²) in [5.41, 5.74) is 0.964. The van der Waals surface area contributed by atoms with E-state index in [1.807, 2.05) is 0 Å². The second kappa shape index (κ2) is 5.80. The number of non-ortho nitro benzene ring substituents is 1. The lowest BCUT2D eigenvalue weighted by Crippen LogP contribution is -2.43. The van der Waals surface area contributed by atoms with Crippen molar-refractivity contribution in [3.63, 3.8) is 0 Å². The van der Waals surface area contributed by atoms with E-state index < -0.39 is 22.1 Å². The van der Waals surface area contributed by atoms with Crippen molar-refractivity contribution >= 4 is 22.5 Å². The summed E-state index contributed by atoms with van der Waals surface area (Å²) in [6.45, 7) is 0. The molecule has 0 aliphatic heterocycles. The molecular formula is C15H10N4O5. The Morgan fingerprint density at radius 3 is 2.42 bits per heavy atom. The maximum atomic E-state index is 12.3. The predicted octanol–water partition coefficient (Wildman–Crippen LogP) is 0.982. The summed E-state index contributed by atoms with van der Waals surface area (Å²) < 4.78 is 0.562. The van der Waals surface area contributed by atoms with Crippen LogP contribution in [0.25, 0.3) is 10.9 Å². The van der Waals surface area contributed by atoms with E-state index >= 15 is 0 Å². The largest absolute Gasteiger partial charge is 0.348 e. The molecule has 3 rings (SSSR count). The first-order valence-corrected chi connectivity index (χ1v) is 6.77. The van der Waals surface area contributed by atoms with E-state index in [4.69, 9.17) is 0 Å². The summed E-state index contributed by atoms with van der Waals surface area (Å²) in [7, 11) is 0. The lowest BCUT2D eigenvalue weighted by atomic mass is 10.2. The number of nitrogens with one attached hydrogen (secondary N) is 2. The summed E-state index contributed by atoms with van der Waals surface area (Å²) in [6.07, 6.45) is 0. The zero-order chi connectivity index (χ0) is 17.3. The molecule has 1 amide bonds. The highest BCUT2D eigenvalue weighted by atomic mass is 16.6. The summed E-state index contributed by atoms with van der Waals surface area (Å²) in [6, 6.07) is 11.1. The fourth-order valence-corrected chi connectivity index (χ4v) is 2.16. The number of fused-ring (bicyclic) bond motifs is 1. The highest BCUT2D eigenvalue weighted by molar-refractivity contribution is 6.00. The molecule has 0 aliphatic rings. The molecule has 0 atom stereocenters. The van der Waals surface area contributed by atoms with Crippen molar-refractivity contribution in [2.24, 2.45) is 0 Å². The Kier molecular flexibility index (Phi) is 3.66. The van der Waals surface area contributed by atoms with Gasteiger partial charge in [-0.3, -0.25) is 25.1 Å². The molecule has 1 aromatic heterocycles. The standard InChI is InChI=1S/C15H10N4O5/c20-13(9-5-7-10(8-6-9)19(23)24)17-18-14(21)11-3-1-2-4-12(11)16-15(18)22/h1-8H,(H,16,22)(H,17,20). The number of hydrogen-bond acceptors (Lipinski definition) is 5. The van der Waals surface area contributed by atoms with Crippen LogP contribution < -0.4 is 16.7 Å². The molecule has 2 aromatic carbocycles. The number of rotatable bonds is 3. The highest BCUT2D eigenvalue weighted by Crippen LogP contribution is 2.11. The number of amides is 1. The van der Waals surface area contributed by atoms with Crippen molar-refractivity contribution in [3.05, 3.63) is 85.0 Å². The zero-order valence-corrected chi connectivity index (χ0v) is 12.1. The van der Waals surface area contributed by atoms with Crippen LogP contribution in [0.2, 0.25) is 0 Å². The van der Waals surface area contributed by atoms with Crippen LogP contribution in [0.1, 0.15) is 10.4 Å². The predicted molar refractivity (Wildman–Crippen MR) is 85.6 cm³/mol. The first-order chi connectivity index (χ1) is 11.5. The van der Waals surface area contributed by atoms with Crippen molar-refractivity contribution in [1.29, 1.82) is 0 Å². The normalized spacial score (nSPS) is 10.5. The monoisotopic (exact) mass is 326 g/mol. The molecule has 9 heteroatoms. The maximum absolute atomic E-state index is 12.3. The van der Waals surface area contributed by atoms with E-state index in [0.29, 0.717) is 10.2 Å². The molecule has 24 heavy (non-hydrogen) atoms. The summed E-state index contributed by atoms with van der Waals surface area (Å²) >= 11 is 0. The van der Waals surface area contributed by atoms with Gasteiger partial charge in [-0.05, 0) is 24.3 Å². The molecule has 3 aromatic rings. The van der Waals surface area contributed by atoms with E-state index in [9.17, 15) is 24.5 Å². The molecule has 0 saturated carbocycles. The first kappa shape index (κ1) is 15.2. The van der Waals surface area contributed by atoms with Gasteiger partial charge in [0.15, 0.2) is 0 Å². The van der Waals surface area contributed by atoms with Gasteiger partial charge in [0.25, 0.3) is 17.2 Å². The van der Waals surface area contributed by atoms with Crippen LogP contribution in [0.15, 0.2) is 58.1 Å². The third kappa shape index (κ3) is 2.65. The number of para-hydroxylation sites is 1. The van der Waals surface area contributed by atoms with Crippen LogP contribution >= 0.6 is 0 Å². The Bertz CT molecular complexity index is 1070. The molecular weight excluding hydrogens is 316 g/mol. The molecule has 0 aliphatic carbocycles. The topological polar surface area (TPSA) is 127 Å². The van der Waals surface area contributed by atoms with Crippen molar-refractivity contribution < 1.29 is 9.72 Å². The second-order valence-corrected chi connectivity index (χ2v) is 4.86. The van der Waals surface area contributed by atoms with Gasteiger partial charge in [0.2, 0.25) is 0 Å². The van der Waals surface area contributed by atoms with Crippen molar-refractivity contribution in [3.8, 4) is 0 Å². The molecule has 0 radical (unpaired) electrons. The Balaban J connectivity index is 1.97. The summed E-state index contributed by atoms with van der Waals surface area (Å²) in [5, 5.41) is 10.8. The molecule has 0 spiro atoms. The van der Waals surface area contributed by atoms with Crippen LogP contribution in [0.4, 0.5) is 5.69 Å². The number of aromatic amines is 1. The lowest BCUT2D eigenvalue weighted by Gasteiger charge is -2.08. The molecule has 0 unspecified atom stereocenters. The number of nitrogens with zero attached hydrogens (tertiary/aromatic N) is 2. The smallest absolute Gasteiger partial charge is 0.305 e. The number of nitro benzene ring substituents is 1. The minimum Gasteiger partial charge on any atom is -0.305 e. The zero-order valence-electron chi connectivity index (χ0n) is 12.1. The van der Waals surface area contributed by atoms with Gasteiger partial charge in [-0.2, -0.15) is 4.68 Å². The van der Waals surface area contributed by atoms with Crippen LogP contribution in [0.3, 0.4) is 0 Å². The summed E-state index contributed by atoms with van der Waals surface area (Å²) in [4.78, 5) is 48.9. The second-order valence-electron chi connectivity index (χ2n) is 4.86. The number of carbonyl (C=O) groups is 1. The van der Waals surface area contributed by atoms with Gasteiger partial charge in [0.05, 0.1) is 15.8 Å². The highest BCUT2D eigenvalue weighted by Gasteiger charge is 2.13. The van der Waals surface area contributed by atoms with E-state index in [-0.39, 0.29) is 16.6 Å². The number of H-pyrrole nitrogens is 1. The van der Waals surface area contributed by atoms with Crippen LogP contribution in [0, 0.1) is 10.1 Å². The quantitative estimate of drug-likeness (QED) is 0.548. The number of aromatic nitrogens is 2. The fourth-order valence-electron chi connectivity index (χ4n) is 2.16. The first-order valence-electron chi connectivity index (χ1n) is 6.77. The van der Waals surface area contributed by atoms with Crippen molar-refractivity contribution in [2.45, 2.75) is 0 Å². The minimum atomic E-state index is -0.797. The summed E-state index contributed by atoms with van der Waals surface area (Å²) in [5.74, 6) is -0.743. The number of nitro groups is 1.